The van der Waals surface area contributed by atoms with Crippen molar-refractivity contribution in [3.63, 3.8) is 0 Å². The molecule has 2 nitrogen and oxygen atoms in total. The quantitative estimate of drug-likeness (QED) is 0.724. The lowest BCUT2D eigenvalue weighted by molar-refractivity contribution is 0.140. The number of hydrogen-bond acceptors (Lipinski definition) is 2. The first kappa shape index (κ1) is 11.0. The largest absolute Gasteiger partial charge is 0.328 e. The number of piperidine rings is 1. The summed E-state index contributed by atoms with van der Waals surface area (Å²) >= 11 is 0. The van der Waals surface area contributed by atoms with Gasteiger partial charge in [-0.1, -0.05) is 13.3 Å². The molecule has 0 amide bonds. The molecule has 0 spiro atoms. The van der Waals surface area contributed by atoms with Gasteiger partial charge in [0.1, 0.15) is 0 Å². The van der Waals surface area contributed by atoms with E-state index >= 15 is 0 Å². The zero-order valence-corrected chi connectivity index (χ0v) is 9.13. The predicted octanol–water partition coefficient (Wildman–Crippen LogP) is 1.99. The molecule has 1 saturated heterocycles. The third kappa shape index (κ3) is 3.65. The van der Waals surface area contributed by atoms with E-state index in [0.717, 1.165) is 12.5 Å². The second-order valence-corrected chi connectivity index (χ2v) is 4.36. The lowest BCUT2D eigenvalue weighted by atomic mass is 9.99. The van der Waals surface area contributed by atoms with Crippen LogP contribution in [0.2, 0.25) is 0 Å². The molecule has 2 heteroatoms. The number of likely N-dealkylation sites (tertiary alicyclic amines) is 1. The molecule has 2 N–H and O–H groups in total. The fourth-order valence-electron chi connectivity index (χ4n) is 2.19. The Kier molecular flexibility index (Phi) is 4.74. The summed E-state index contributed by atoms with van der Waals surface area (Å²) in [6, 6.07) is 1.20. The van der Waals surface area contributed by atoms with Crippen molar-refractivity contribution in [3.8, 4) is 0 Å². The summed E-state index contributed by atoms with van der Waals surface area (Å²) in [7, 11) is 0. The average molecular weight is 184 g/mol. The Labute approximate surface area is 82.5 Å². The molecule has 0 radical (unpaired) electrons. The minimum Gasteiger partial charge on any atom is -0.328 e. The van der Waals surface area contributed by atoms with Gasteiger partial charge in [0.05, 0.1) is 0 Å². The van der Waals surface area contributed by atoms with Crippen molar-refractivity contribution in [2.45, 2.75) is 58.0 Å². The maximum Gasteiger partial charge on any atom is 0.00926 e. The van der Waals surface area contributed by atoms with Crippen molar-refractivity contribution in [2.75, 3.05) is 13.1 Å². The smallest absolute Gasteiger partial charge is 0.00926 e. The highest BCUT2D eigenvalue weighted by Crippen LogP contribution is 2.19. The Balaban J connectivity index is 2.27. The van der Waals surface area contributed by atoms with Gasteiger partial charge in [-0.15, -0.1) is 0 Å². The summed E-state index contributed by atoms with van der Waals surface area (Å²) < 4.78 is 0. The van der Waals surface area contributed by atoms with E-state index in [1.165, 1.54) is 38.8 Å². The third-order valence-corrected chi connectivity index (χ3v) is 3.09. The Bertz CT molecular complexity index is 134. The molecule has 0 aliphatic carbocycles. The van der Waals surface area contributed by atoms with E-state index in [9.17, 15) is 0 Å². The van der Waals surface area contributed by atoms with E-state index in [1.54, 1.807) is 0 Å². The molecule has 1 aliphatic heterocycles. The van der Waals surface area contributed by atoms with Gasteiger partial charge in [-0.3, -0.25) is 0 Å². The summed E-state index contributed by atoms with van der Waals surface area (Å²) in [6.07, 6.45) is 6.66. The van der Waals surface area contributed by atoms with Crippen LogP contribution in [-0.2, 0) is 0 Å². The van der Waals surface area contributed by atoms with Gasteiger partial charge in [0, 0.05) is 12.1 Å². The van der Waals surface area contributed by atoms with Gasteiger partial charge in [-0.25, -0.2) is 0 Å². The van der Waals surface area contributed by atoms with Crippen LogP contribution in [0.1, 0.15) is 46.0 Å². The third-order valence-electron chi connectivity index (χ3n) is 3.09. The number of nitrogens with two attached hydrogens (primary N) is 1. The molecule has 13 heavy (non-hydrogen) atoms. The molecule has 0 aromatic rings. The number of rotatable bonds is 4. The first-order chi connectivity index (χ1) is 6.24. The van der Waals surface area contributed by atoms with Crippen molar-refractivity contribution in [1.29, 1.82) is 0 Å². The molecular formula is C11H24N2. The minimum absolute atomic E-state index is 0.361. The topological polar surface area (TPSA) is 29.3 Å². The summed E-state index contributed by atoms with van der Waals surface area (Å²) in [4.78, 5) is 2.63. The molecule has 0 aromatic heterocycles. The van der Waals surface area contributed by atoms with E-state index in [4.69, 9.17) is 5.73 Å². The maximum absolute atomic E-state index is 5.77. The molecule has 1 heterocycles. The van der Waals surface area contributed by atoms with Crippen LogP contribution in [-0.4, -0.2) is 30.1 Å². The van der Waals surface area contributed by atoms with Crippen LogP contribution in [0.5, 0.6) is 0 Å². The van der Waals surface area contributed by atoms with Crippen molar-refractivity contribution in [1.82, 2.24) is 4.90 Å². The van der Waals surface area contributed by atoms with Crippen LogP contribution in [0, 0.1) is 0 Å². The van der Waals surface area contributed by atoms with Crippen molar-refractivity contribution in [3.05, 3.63) is 0 Å². The molecule has 1 fully saturated rings. The molecule has 0 aromatic carbocycles. The Morgan fingerprint density at radius 1 is 1.46 bits per heavy atom. The van der Waals surface area contributed by atoms with Gasteiger partial charge in [0.25, 0.3) is 0 Å². The predicted molar refractivity (Wildman–Crippen MR) is 57.8 cm³/mol. The van der Waals surface area contributed by atoms with Crippen molar-refractivity contribution in [2.24, 2.45) is 5.73 Å². The van der Waals surface area contributed by atoms with Crippen LogP contribution in [0.15, 0.2) is 0 Å². The fourth-order valence-corrected chi connectivity index (χ4v) is 2.19. The van der Waals surface area contributed by atoms with E-state index in [1.807, 2.05) is 0 Å². The normalized spacial score (nSPS) is 27.5. The monoisotopic (exact) mass is 184 g/mol. The highest BCUT2D eigenvalue weighted by molar-refractivity contribution is 4.76. The van der Waals surface area contributed by atoms with E-state index in [2.05, 4.69) is 18.7 Å². The van der Waals surface area contributed by atoms with Gasteiger partial charge in [-0.05, 0) is 45.7 Å². The second kappa shape index (κ2) is 5.61. The van der Waals surface area contributed by atoms with Gasteiger partial charge in [0.15, 0.2) is 0 Å². The number of hydrogen-bond donors (Lipinski definition) is 1. The summed E-state index contributed by atoms with van der Waals surface area (Å²) in [5, 5.41) is 0. The van der Waals surface area contributed by atoms with E-state index in [0.29, 0.717) is 6.04 Å². The van der Waals surface area contributed by atoms with Gasteiger partial charge in [0.2, 0.25) is 0 Å². The maximum atomic E-state index is 5.77. The van der Waals surface area contributed by atoms with Crippen LogP contribution in [0.4, 0.5) is 0 Å². The summed E-state index contributed by atoms with van der Waals surface area (Å²) in [6.45, 7) is 6.90. The van der Waals surface area contributed by atoms with Crippen molar-refractivity contribution >= 4 is 0 Å². The van der Waals surface area contributed by atoms with Gasteiger partial charge in [-0.2, -0.15) is 0 Å². The minimum atomic E-state index is 0.361. The molecule has 1 rings (SSSR count). The van der Waals surface area contributed by atoms with Gasteiger partial charge < -0.3 is 10.6 Å². The number of nitrogens with zero attached hydrogens (tertiary/aromatic N) is 1. The zero-order valence-electron chi connectivity index (χ0n) is 9.13. The molecular weight excluding hydrogens is 160 g/mol. The molecule has 78 valence electrons. The lowest BCUT2D eigenvalue weighted by Crippen LogP contribution is -2.41. The standard InChI is InChI=1S/C11H24N2/c1-3-11-6-4-5-8-13(11)9-7-10(2)12/h10-11H,3-9,12H2,1-2H3. The SMILES string of the molecule is CCC1CCCCN1CCC(C)N. The molecule has 0 saturated carbocycles. The summed E-state index contributed by atoms with van der Waals surface area (Å²) in [5.74, 6) is 0. The van der Waals surface area contributed by atoms with Gasteiger partial charge >= 0.3 is 0 Å². The average Bonchev–Trinajstić information content (AvgIpc) is 2.15. The summed E-state index contributed by atoms with van der Waals surface area (Å²) in [5.41, 5.74) is 5.77. The molecule has 0 bridgehead atoms. The first-order valence-corrected chi connectivity index (χ1v) is 5.73. The zero-order chi connectivity index (χ0) is 9.68. The van der Waals surface area contributed by atoms with E-state index < -0.39 is 0 Å². The van der Waals surface area contributed by atoms with Crippen molar-refractivity contribution < 1.29 is 0 Å². The Hall–Kier alpha value is -0.0800. The lowest BCUT2D eigenvalue weighted by Gasteiger charge is -2.35. The second-order valence-electron chi connectivity index (χ2n) is 4.36. The Morgan fingerprint density at radius 3 is 2.85 bits per heavy atom. The molecule has 2 atom stereocenters. The fraction of sp³-hybridized carbons (Fsp3) is 1.00. The highest BCUT2D eigenvalue weighted by Gasteiger charge is 2.19. The highest BCUT2D eigenvalue weighted by atomic mass is 15.2. The molecule has 2 unspecified atom stereocenters. The van der Waals surface area contributed by atoms with Crippen LogP contribution in [0.25, 0.3) is 0 Å². The van der Waals surface area contributed by atoms with E-state index in [-0.39, 0.29) is 0 Å². The van der Waals surface area contributed by atoms with Crippen LogP contribution >= 0.6 is 0 Å². The molecule has 1 aliphatic rings. The first-order valence-electron chi connectivity index (χ1n) is 5.73. The van der Waals surface area contributed by atoms with Crippen LogP contribution < -0.4 is 5.73 Å². The van der Waals surface area contributed by atoms with Crippen LogP contribution in [0.3, 0.4) is 0 Å². The Morgan fingerprint density at radius 2 is 2.23 bits per heavy atom.